The van der Waals surface area contributed by atoms with Gasteiger partial charge in [-0.3, -0.25) is 0 Å². The van der Waals surface area contributed by atoms with E-state index in [1.807, 2.05) is 0 Å². The number of anilines is 1. The van der Waals surface area contributed by atoms with Crippen LogP contribution in [0.1, 0.15) is 36.0 Å². The third kappa shape index (κ3) is 4.07. The number of aryl methyl sites for hydroxylation is 1. The maximum Gasteiger partial charge on any atom is 0.164 e. The molecule has 0 amide bonds. The lowest BCUT2D eigenvalue weighted by atomic mass is 9.94. The smallest absolute Gasteiger partial charge is 0.164 e. The Labute approximate surface area is 167 Å². The van der Waals surface area contributed by atoms with E-state index in [9.17, 15) is 23.4 Å². The van der Waals surface area contributed by atoms with Crippen LogP contribution in [0.15, 0.2) is 24.3 Å². The molecule has 1 fully saturated rings. The van der Waals surface area contributed by atoms with Gasteiger partial charge in [0.15, 0.2) is 11.6 Å². The van der Waals surface area contributed by atoms with Gasteiger partial charge < -0.3 is 20.3 Å². The van der Waals surface area contributed by atoms with E-state index >= 15 is 0 Å². The number of halogens is 3. The lowest BCUT2D eigenvalue weighted by Gasteiger charge is -2.28. The van der Waals surface area contributed by atoms with Crippen LogP contribution in [0.25, 0.3) is 0 Å². The number of nitrogens with one attached hydrogen (secondary N) is 1. The molecule has 29 heavy (non-hydrogen) atoms. The van der Waals surface area contributed by atoms with E-state index < -0.39 is 29.7 Å². The summed E-state index contributed by atoms with van der Waals surface area (Å²) in [5.41, 5.74) is 1.02. The molecule has 7 heteroatoms. The molecule has 2 aromatic rings. The Morgan fingerprint density at radius 2 is 1.86 bits per heavy atom. The van der Waals surface area contributed by atoms with Crippen molar-refractivity contribution in [1.29, 1.82) is 0 Å². The first-order valence-electron chi connectivity index (χ1n) is 9.77. The third-order valence-corrected chi connectivity index (χ3v) is 5.95. The van der Waals surface area contributed by atoms with E-state index in [1.54, 1.807) is 19.1 Å². The molecule has 1 aliphatic heterocycles. The fourth-order valence-corrected chi connectivity index (χ4v) is 3.88. The van der Waals surface area contributed by atoms with Gasteiger partial charge in [0.2, 0.25) is 0 Å². The molecule has 0 radical (unpaired) electrons. The molecular weight excluding hydrogens is 383 g/mol. The molecular formula is C22H24F3NO3. The summed E-state index contributed by atoms with van der Waals surface area (Å²) in [5.74, 6) is -2.61. The van der Waals surface area contributed by atoms with Gasteiger partial charge in [-0.15, -0.1) is 0 Å². The number of benzene rings is 2. The molecule has 2 aliphatic rings. The fraction of sp³-hybridized carbons (Fsp3) is 0.455. The number of aliphatic hydroxyl groups excluding tert-OH is 2. The van der Waals surface area contributed by atoms with E-state index in [4.69, 9.17) is 4.74 Å². The highest BCUT2D eigenvalue weighted by Gasteiger charge is 2.45. The quantitative estimate of drug-likeness (QED) is 0.711. The zero-order chi connectivity index (χ0) is 20.8. The maximum atomic E-state index is 14.8. The topological polar surface area (TPSA) is 61.7 Å². The molecule has 4 nitrogen and oxygen atoms in total. The first-order valence-corrected chi connectivity index (χ1v) is 9.77. The van der Waals surface area contributed by atoms with Gasteiger partial charge in [0.1, 0.15) is 24.3 Å². The molecule has 2 atom stereocenters. The lowest BCUT2D eigenvalue weighted by molar-refractivity contribution is -0.0212. The van der Waals surface area contributed by atoms with Crippen LogP contribution in [0.2, 0.25) is 0 Å². The van der Waals surface area contributed by atoms with Crippen LogP contribution in [-0.2, 0) is 6.42 Å². The van der Waals surface area contributed by atoms with Crippen LogP contribution < -0.4 is 10.1 Å². The molecule has 0 bridgehead atoms. The molecule has 0 aromatic heterocycles. The number of hydrogen-bond acceptors (Lipinski definition) is 4. The van der Waals surface area contributed by atoms with E-state index in [2.05, 4.69) is 5.32 Å². The Hall–Kier alpha value is -2.25. The minimum atomic E-state index is -1.13. The molecule has 156 valence electrons. The average molecular weight is 407 g/mol. The van der Waals surface area contributed by atoms with Crippen LogP contribution in [0.3, 0.4) is 0 Å². The van der Waals surface area contributed by atoms with Crippen molar-refractivity contribution in [3.63, 3.8) is 0 Å². The van der Waals surface area contributed by atoms with Crippen molar-refractivity contribution in [2.24, 2.45) is 5.41 Å². The highest BCUT2D eigenvalue weighted by Crippen LogP contribution is 2.51. The van der Waals surface area contributed by atoms with E-state index in [0.29, 0.717) is 13.0 Å². The summed E-state index contributed by atoms with van der Waals surface area (Å²) in [5, 5.41) is 23.5. The van der Waals surface area contributed by atoms with Crippen LogP contribution in [0.4, 0.5) is 18.9 Å². The monoisotopic (exact) mass is 407 g/mol. The summed E-state index contributed by atoms with van der Waals surface area (Å²) in [6.45, 7) is 1.92. The summed E-state index contributed by atoms with van der Waals surface area (Å²) < 4.78 is 49.0. The molecule has 2 aromatic carbocycles. The first kappa shape index (κ1) is 20.0. The van der Waals surface area contributed by atoms with Gasteiger partial charge in [-0.2, -0.15) is 0 Å². The summed E-state index contributed by atoms with van der Waals surface area (Å²) in [6.07, 6.45) is -0.105. The number of ether oxygens (including phenoxy) is 1. The molecule has 1 heterocycles. The van der Waals surface area contributed by atoms with Crippen molar-refractivity contribution >= 4 is 5.69 Å². The Morgan fingerprint density at radius 3 is 2.55 bits per heavy atom. The van der Waals surface area contributed by atoms with Crippen LogP contribution in [-0.4, -0.2) is 35.6 Å². The Kier molecular flexibility index (Phi) is 5.21. The van der Waals surface area contributed by atoms with Crippen molar-refractivity contribution in [1.82, 2.24) is 0 Å². The zero-order valence-electron chi connectivity index (χ0n) is 16.1. The van der Waals surface area contributed by atoms with Crippen LogP contribution in [0, 0.1) is 29.8 Å². The number of aliphatic hydroxyl groups is 2. The van der Waals surface area contributed by atoms with Crippen molar-refractivity contribution in [3.8, 4) is 5.75 Å². The molecule has 1 aliphatic carbocycles. The van der Waals surface area contributed by atoms with Gasteiger partial charge in [-0.1, -0.05) is 12.1 Å². The largest absolute Gasteiger partial charge is 0.488 e. The van der Waals surface area contributed by atoms with E-state index in [1.165, 1.54) is 6.07 Å². The minimum Gasteiger partial charge on any atom is -0.488 e. The lowest BCUT2D eigenvalue weighted by Crippen LogP contribution is -2.36. The SMILES string of the molecule is Cc1ccc(Cc2c(F)c(F)cc3c2NCC2(CC2)CC(O)C(O)CO3)c(F)c1. The number of hydrogen-bond donors (Lipinski definition) is 3. The summed E-state index contributed by atoms with van der Waals surface area (Å²) in [6, 6.07) is 5.56. The van der Waals surface area contributed by atoms with Gasteiger partial charge in [0.25, 0.3) is 0 Å². The highest BCUT2D eigenvalue weighted by atomic mass is 19.2. The summed E-state index contributed by atoms with van der Waals surface area (Å²) in [4.78, 5) is 0. The predicted molar refractivity (Wildman–Crippen MR) is 103 cm³/mol. The highest BCUT2D eigenvalue weighted by molar-refractivity contribution is 5.64. The number of fused-ring (bicyclic) bond motifs is 1. The molecule has 4 rings (SSSR count). The summed E-state index contributed by atoms with van der Waals surface area (Å²) in [7, 11) is 0. The predicted octanol–water partition coefficient (Wildman–Crippen LogP) is 3.70. The van der Waals surface area contributed by atoms with E-state index in [0.717, 1.165) is 24.5 Å². The third-order valence-electron chi connectivity index (χ3n) is 5.95. The number of rotatable bonds is 2. The Morgan fingerprint density at radius 1 is 1.10 bits per heavy atom. The second kappa shape index (κ2) is 7.54. The molecule has 3 N–H and O–H groups in total. The Bertz CT molecular complexity index is 930. The van der Waals surface area contributed by atoms with Crippen molar-refractivity contribution in [2.45, 2.75) is 44.8 Å². The maximum absolute atomic E-state index is 14.8. The van der Waals surface area contributed by atoms with Gasteiger partial charge in [-0.05, 0) is 48.8 Å². The minimum absolute atomic E-state index is 0.0193. The normalized spacial score (nSPS) is 23.1. The standard InChI is InChI=1S/C22H24F3NO3/c1-12-2-3-13(15(23)6-12)7-14-20(25)16(24)8-19-21(14)26-11-22(4-5-22)9-17(27)18(28)10-29-19/h2-3,6,8,17-18,26-28H,4-5,7,9-11H2,1H3. The fourth-order valence-electron chi connectivity index (χ4n) is 3.88. The Balaban J connectivity index is 1.75. The molecule has 1 spiro atoms. The average Bonchev–Trinajstić information content (AvgIpc) is 3.43. The van der Waals surface area contributed by atoms with Crippen molar-refractivity contribution in [3.05, 3.63) is 58.4 Å². The van der Waals surface area contributed by atoms with Crippen molar-refractivity contribution < 1.29 is 28.1 Å². The van der Waals surface area contributed by atoms with Gasteiger partial charge in [0.05, 0.1) is 11.8 Å². The molecule has 1 saturated carbocycles. The summed E-state index contributed by atoms with van der Waals surface area (Å²) >= 11 is 0. The molecule has 2 unspecified atom stereocenters. The van der Waals surface area contributed by atoms with Gasteiger partial charge in [0, 0.05) is 24.6 Å². The van der Waals surface area contributed by atoms with Gasteiger partial charge in [-0.25, -0.2) is 13.2 Å². The first-order chi connectivity index (χ1) is 13.8. The van der Waals surface area contributed by atoms with Crippen LogP contribution in [0.5, 0.6) is 5.75 Å². The van der Waals surface area contributed by atoms with Gasteiger partial charge >= 0.3 is 0 Å². The van der Waals surface area contributed by atoms with Crippen LogP contribution >= 0.6 is 0 Å². The van der Waals surface area contributed by atoms with Crippen molar-refractivity contribution in [2.75, 3.05) is 18.5 Å². The second-order valence-electron chi connectivity index (χ2n) is 8.30. The second-order valence-corrected chi connectivity index (χ2v) is 8.30. The molecule has 0 saturated heterocycles. The zero-order valence-corrected chi connectivity index (χ0v) is 16.1. The van der Waals surface area contributed by atoms with E-state index in [-0.39, 0.29) is 41.0 Å².